The van der Waals surface area contributed by atoms with Crippen molar-refractivity contribution in [2.24, 2.45) is 0 Å². The molecule has 0 atom stereocenters. The molecule has 1 fully saturated rings. The third-order valence-corrected chi connectivity index (χ3v) is 2.55. The Hall–Kier alpha value is -1.91. The number of aryl methyl sites for hydroxylation is 1. The van der Waals surface area contributed by atoms with E-state index in [0.29, 0.717) is 30.2 Å². The molecule has 0 aliphatic carbocycles. The number of benzene rings is 1. The lowest BCUT2D eigenvalue weighted by Gasteiger charge is -2.17. The third-order valence-electron chi connectivity index (χ3n) is 2.55. The van der Waals surface area contributed by atoms with Gasteiger partial charge in [0.05, 0.1) is 19.3 Å². The van der Waals surface area contributed by atoms with Crippen LogP contribution in [0.5, 0.6) is 11.5 Å². The molecule has 0 saturated carbocycles. The first-order valence-electron chi connectivity index (χ1n) is 4.95. The number of methoxy groups -OCH3 is 1. The zero-order chi connectivity index (χ0) is 11.7. The molecule has 5 nitrogen and oxygen atoms in total. The van der Waals surface area contributed by atoms with E-state index in [9.17, 15) is 9.90 Å². The van der Waals surface area contributed by atoms with Gasteiger partial charge >= 0.3 is 6.09 Å². The van der Waals surface area contributed by atoms with Crippen LogP contribution in [-0.2, 0) is 4.74 Å². The van der Waals surface area contributed by atoms with Crippen molar-refractivity contribution in [1.82, 2.24) is 0 Å². The fourth-order valence-corrected chi connectivity index (χ4v) is 1.65. The molecule has 2 rings (SSSR count). The molecule has 0 bridgehead atoms. The smallest absolute Gasteiger partial charge is 0.414 e. The number of amides is 1. The summed E-state index contributed by atoms with van der Waals surface area (Å²) in [7, 11) is 1.52. The van der Waals surface area contributed by atoms with Crippen LogP contribution in [0.2, 0.25) is 0 Å². The largest absolute Gasteiger partial charge is 0.508 e. The van der Waals surface area contributed by atoms with Gasteiger partial charge in [-0.2, -0.15) is 0 Å². The minimum Gasteiger partial charge on any atom is -0.508 e. The molecular weight excluding hydrogens is 210 g/mol. The standard InChI is InChI=1S/C11H13NO4/c1-7-5-10(15-2)8(6-9(7)13)12-3-4-16-11(12)14/h5-6,13H,3-4H2,1-2H3. The van der Waals surface area contributed by atoms with E-state index in [0.717, 1.165) is 0 Å². The fraction of sp³-hybridized carbons (Fsp3) is 0.364. The number of phenols is 1. The van der Waals surface area contributed by atoms with Crippen LogP contribution in [-0.4, -0.2) is 31.5 Å². The Kier molecular flexibility index (Phi) is 2.60. The Morgan fingerprint density at radius 1 is 1.50 bits per heavy atom. The van der Waals surface area contributed by atoms with Crippen molar-refractivity contribution < 1.29 is 19.4 Å². The van der Waals surface area contributed by atoms with Gasteiger partial charge in [-0.25, -0.2) is 4.79 Å². The van der Waals surface area contributed by atoms with Gasteiger partial charge in [0, 0.05) is 6.07 Å². The second-order valence-electron chi connectivity index (χ2n) is 3.58. The van der Waals surface area contributed by atoms with Crippen molar-refractivity contribution in [1.29, 1.82) is 0 Å². The summed E-state index contributed by atoms with van der Waals surface area (Å²) in [6.07, 6.45) is -0.415. The Bertz CT molecular complexity index is 430. The summed E-state index contributed by atoms with van der Waals surface area (Å²) in [5.74, 6) is 0.685. The maximum atomic E-state index is 11.4. The molecule has 16 heavy (non-hydrogen) atoms. The van der Waals surface area contributed by atoms with E-state index >= 15 is 0 Å². The van der Waals surface area contributed by atoms with E-state index in [1.165, 1.54) is 18.1 Å². The van der Waals surface area contributed by atoms with Gasteiger partial charge in [0.2, 0.25) is 0 Å². The van der Waals surface area contributed by atoms with Crippen LogP contribution in [0.4, 0.5) is 10.5 Å². The minimum absolute atomic E-state index is 0.135. The molecule has 1 aromatic carbocycles. The Balaban J connectivity index is 2.46. The van der Waals surface area contributed by atoms with Gasteiger partial charge in [0.15, 0.2) is 0 Å². The first-order chi connectivity index (χ1) is 7.63. The number of carbonyl (C=O) groups excluding carboxylic acids is 1. The average molecular weight is 223 g/mol. The highest BCUT2D eigenvalue weighted by Crippen LogP contribution is 2.35. The topological polar surface area (TPSA) is 59.0 Å². The van der Waals surface area contributed by atoms with Gasteiger partial charge in [-0.15, -0.1) is 0 Å². The number of hydrogen-bond donors (Lipinski definition) is 1. The summed E-state index contributed by atoms with van der Waals surface area (Å²) >= 11 is 0. The Morgan fingerprint density at radius 3 is 2.81 bits per heavy atom. The number of ether oxygens (including phenoxy) is 2. The van der Waals surface area contributed by atoms with Gasteiger partial charge in [0.25, 0.3) is 0 Å². The number of cyclic esters (lactones) is 1. The van der Waals surface area contributed by atoms with Crippen molar-refractivity contribution in [3.8, 4) is 11.5 Å². The SMILES string of the molecule is COc1cc(C)c(O)cc1N1CCOC1=O. The minimum atomic E-state index is -0.415. The number of rotatable bonds is 2. The molecule has 0 aromatic heterocycles. The van der Waals surface area contributed by atoms with E-state index < -0.39 is 6.09 Å². The van der Waals surface area contributed by atoms with E-state index in [4.69, 9.17) is 9.47 Å². The number of carbonyl (C=O) groups is 1. The summed E-state index contributed by atoms with van der Waals surface area (Å²) in [5.41, 5.74) is 1.24. The number of aromatic hydroxyl groups is 1. The highest BCUT2D eigenvalue weighted by molar-refractivity contribution is 5.91. The predicted octanol–water partition coefficient (Wildman–Crippen LogP) is 1.67. The van der Waals surface area contributed by atoms with Crippen LogP contribution in [0.3, 0.4) is 0 Å². The van der Waals surface area contributed by atoms with E-state index in [1.54, 1.807) is 13.0 Å². The average Bonchev–Trinajstić information content (AvgIpc) is 2.68. The van der Waals surface area contributed by atoms with Gasteiger partial charge < -0.3 is 14.6 Å². The molecule has 1 aliphatic rings. The van der Waals surface area contributed by atoms with Gasteiger partial charge in [-0.3, -0.25) is 4.90 Å². The summed E-state index contributed by atoms with van der Waals surface area (Å²) < 4.78 is 10.0. The van der Waals surface area contributed by atoms with Crippen molar-refractivity contribution in [2.45, 2.75) is 6.92 Å². The molecule has 1 amide bonds. The molecule has 5 heteroatoms. The Labute approximate surface area is 93.2 Å². The summed E-state index contributed by atoms with van der Waals surface area (Å²) in [6.45, 7) is 2.60. The zero-order valence-electron chi connectivity index (χ0n) is 9.19. The van der Waals surface area contributed by atoms with E-state index in [-0.39, 0.29) is 5.75 Å². The van der Waals surface area contributed by atoms with Crippen LogP contribution in [0.25, 0.3) is 0 Å². The second-order valence-corrected chi connectivity index (χ2v) is 3.58. The van der Waals surface area contributed by atoms with Gasteiger partial charge in [0.1, 0.15) is 18.1 Å². The molecular formula is C11H13NO4. The fourth-order valence-electron chi connectivity index (χ4n) is 1.65. The maximum Gasteiger partial charge on any atom is 0.414 e. The van der Waals surface area contributed by atoms with Crippen LogP contribution >= 0.6 is 0 Å². The molecule has 1 aromatic rings. The molecule has 86 valence electrons. The number of nitrogens with zero attached hydrogens (tertiary/aromatic N) is 1. The van der Waals surface area contributed by atoms with E-state index in [2.05, 4.69) is 0 Å². The molecule has 1 heterocycles. The number of hydrogen-bond acceptors (Lipinski definition) is 4. The molecule has 0 radical (unpaired) electrons. The Morgan fingerprint density at radius 2 is 2.25 bits per heavy atom. The summed E-state index contributed by atoms with van der Waals surface area (Å²) in [4.78, 5) is 12.8. The lowest BCUT2D eigenvalue weighted by Crippen LogP contribution is -2.23. The second kappa shape index (κ2) is 3.92. The quantitative estimate of drug-likeness (QED) is 0.828. The normalized spacial score (nSPS) is 15.1. The highest BCUT2D eigenvalue weighted by atomic mass is 16.6. The lowest BCUT2D eigenvalue weighted by molar-refractivity contribution is 0.181. The molecule has 0 spiro atoms. The van der Waals surface area contributed by atoms with Crippen molar-refractivity contribution >= 4 is 11.8 Å². The first-order valence-corrected chi connectivity index (χ1v) is 4.95. The zero-order valence-corrected chi connectivity index (χ0v) is 9.19. The summed E-state index contributed by atoms with van der Waals surface area (Å²) in [6, 6.07) is 3.21. The summed E-state index contributed by atoms with van der Waals surface area (Å²) in [5, 5.41) is 9.63. The van der Waals surface area contributed by atoms with Crippen molar-refractivity contribution in [3.63, 3.8) is 0 Å². The lowest BCUT2D eigenvalue weighted by atomic mass is 10.1. The maximum absolute atomic E-state index is 11.4. The number of anilines is 1. The third kappa shape index (κ3) is 1.64. The van der Waals surface area contributed by atoms with E-state index in [1.807, 2.05) is 0 Å². The molecule has 0 unspecified atom stereocenters. The highest BCUT2D eigenvalue weighted by Gasteiger charge is 2.26. The molecule has 1 saturated heterocycles. The van der Waals surface area contributed by atoms with Crippen LogP contribution in [0, 0.1) is 6.92 Å². The monoisotopic (exact) mass is 223 g/mol. The first kappa shape index (κ1) is 10.6. The van der Waals surface area contributed by atoms with Gasteiger partial charge in [-0.05, 0) is 18.6 Å². The molecule has 1 aliphatic heterocycles. The predicted molar refractivity (Wildman–Crippen MR) is 58.1 cm³/mol. The number of phenolic OH excluding ortho intramolecular Hbond substituents is 1. The van der Waals surface area contributed by atoms with Crippen LogP contribution in [0.1, 0.15) is 5.56 Å². The molecule has 1 N–H and O–H groups in total. The van der Waals surface area contributed by atoms with Crippen LogP contribution in [0.15, 0.2) is 12.1 Å². The van der Waals surface area contributed by atoms with Crippen LogP contribution < -0.4 is 9.64 Å². The van der Waals surface area contributed by atoms with Crippen molar-refractivity contribution in [3.05, 3.63) is 17.7 Å². The van der Waals surface area contributed by atoms with Gasteiger partial charge in [-0.1, -0.05) is 0 Å². The van der Waals surface area contributed by atoms with Crippen molar-refractivity contribution in [2.75, 3.05) is 25.2 Å².